The summed E-state index contributed by atoms with van der Waals surface area (Å²) in [5.41, 5.74) is 0.318. The van der Waals surface area contributed by atoms with Crippen LogP contribution in [0.1, 0.15) is 33.3 Å². The summed E-state index contributed by atoms with van der Waals surface area (Å²) in [5.74, 6) is 0.819. The van der Waals surface area contributed by atoms with E-state index in [0.717, 1.165) is 5.56 Å². The van der Waals surface area contributed by atoms with E-state index in [1.54, 1.807) is 19.0 Å². The number of rotatable bonds is 2. The molecule has 0 aromatic heterocycles. The summed E-state index contributed by atoms with van der Waals surface area (Å²) in [5, 5.41) is 0. The Hall–Kier alpha value is -2.24. The molecule has 0 spiro atoms. The van der Waals surface area contributed by atoms with Gasteiger partial charge < -0.3 is 19.3 Å². The number of carbonyl (C=O) groups is 2. The molecule has 0 aliphatic carbocycles. The molecule has 1 aliphatic rings. The van der Waals surface area contributed by atoms with Crippen molar-refractivity contribution in [2.45, 2.75) is 45.8 Å². The van der Waals surface area contributed by atoms with E-state index in [1.807, 2.05) is 52.0 Å². The summed E-state index contributed by atoms with van der Waals surface area (Å²) in [6.45, 7) is 8.51. The summed E-state index contributed by atoms with van der Waals surface area (Å²) in [6.07, 6.45) is -0.318. The first kappa shape index (κ1) is 20.1. The fraction of sp³-hybridized carbons (Fsp3) is 0.600. The van der Waals surface area contributed by atoms with Gasteiger partial charge in [-0.1, -0.05) is 25.1 Å². The highest BCUT2D eigenvalue weighted by atomic mass is 16.6. The number of carbonyl (C=O) groups excluding carboxylic acids is 2. The number of para-hydroxylation sites is 1. The zero-order valence-corrected chi connectivity index (χ0v) is 16.6. The van der Waals surface area contributed by atoms with Crippen molar-refractivity contribution < 1.29 is 19.1 Å². The maximum absolute atomic E-state index is 12.4. The van der Waals surface area contributed by atoms with Crippen LogP contribution in [0.3, 0.4) is 0 Å². The molecule has 0 saturated heterocycles. The van der Waals surface area contributed by atoms with Gasteiger partial charge in [0, 0.05) is 32.1 Å². The van der Waals surface area contributed by atoms with Crippen LogP contribution in [0.25, 0.3) is 0 Å². The average Bonchev–Trinajstić information content (AvgIpc) is 2.56. The Morgan fingerprint density at radius 1 is 1.35 bits per heavy atom. The third kappa shape index (κ3) is 5.38. The van der Waals surface area contributed by atoms with Gasteiger partial charge in [-0.05, 0) is 26.8 Å². The molecule has 1 aromatic rings. The predicted molar refractivity (Wildman–Crippen MR) is 100 cm³/mol. The quantitative estimate of drug-likeness (QED) is 0.812. The predicted octanol–water partition coefficient (Wildman–Crippen LogP) is 2.95. The van der Waals surface area contributed by atoms with Gasteiger partial charge in [-0.15, -0.1) is 0 Å². The first-order chi connectivity index (χ1) is 12.1. The largest absolute Gasteiger partial charge is 0.488 e. The Bertz CT molecular complexity index is 653. The highest BCUT2D eigenvalue weighted by Crippen LogP contribution is 2.25. The molecule has 6 heteroatoms. The van der Waals surface area contributed by atoms with Crippen LogP contribution in [-0.4, -0.2) is 60.7 Å². The van der Waals surface area contributed by atoms with Crippen LogP contribution in [0.5, 0.6) is 5.75 Å². The Morgan fingerprint density at radius 3 is 2.65 bits per heavy atom. The molecule has 1 aromatic carbocycles. The van der Waals surface area contributed by atoms with Gasteiger partial charge in [-0.25, -0.2) is 4.79 Å². The lowest BCUT2D eigenvalue weighted by Crippen LogP contribution is -2.45. The van der Waals surface area contributed by atoms with Gasteiger partial charge in [-0.2, -0.15) is 0 Å². The van der Waals surface area contributed by atoms with E-state index in [9.17, 15) is 9.59 Å². The third-order valence-corrected chi connectivity index (χ3v) is 4.37. The second-order valence-electron chi connectivity index (χ2n) is 8.05. The topological polar surface area (TPSA) is 59.1 Å². The fourth-order valence-corrected chi connectivity index (χ4v) is 2.89. The summed E-state index contributed by atoms with van der Waals surface area (Å²) in [7, 11) is 3.51. The van der Waals surface area contributed by atoms with Gasteiger partial charge in [0.2, 0.25) is 5.91 Å². The van der Waals surface area contributed by atoms with Gasteiger partial charge in [-0.3, -0.25) is 4.79 Å². The number of benzene rings is 1. The van der Waals surface area contributed by atoms with Crippen LogP contribution < -0.4 is 4.74 Å². The fourth-order valence-electron chi connectivity index (χ4n) is 2.89. The first-order valence-electron chi connectivity index (χ1n) is 8.99. The minimum absolute atomic E-state index is 0.0555. The number of ether oxygens (including phenoxy) is 2. The first-order valence-corrected chi connectivity index (χ1v) is 8.99. The van der Waals surface area contributed by atoms with Crippen LogP contribution in [-0.2, 0) is 16.0 Å². The molecule has 0 saturated carbocycles. The minimum Gasteiger partial charge on any atom is -0.488 e. The Kier molecular flexibility index (Phi) is 6.16. The third-order valence-electron chi connectivity index (χ3n) is 4.37. The van der Waals surface area contributed by atoms with Crippen molar-refractivity contribution in [2.24, 2.45) is 5.92 Å². The van der Waals surface area contributed by atoms with Crippen LogP contribution in [0, 0.1) is 5.92 Å². The number of hydrogen-bond donors (Lipinski definition) is 0. The maximum atomic E-state index is 12.4. The SMILES string of the molecule is C[C@@H]1CN(C)C(=O)Cc2ccccc2O[C@H]1CN(C)C(=O)OC(C)(C)C. The summed E-state index contributed by atoms with van der Waals surface area (Å²) in [6, 6.07) is 7.58. The number of amides is 2. The van der Waals surface area contributed by atoms with E-state index in [1.165, 1.54) is 4.90 Å². The van der Waals surface area contributed by atoms with E-state index < -0.39 is 5.60 Å². The van der Waals surface area contributed by atoms with Crippen molar-refractivity contribution >= 4 is 12.0 Å². The van der Waals surface area contributed by atoms with Crippen LogP contribution in [0.2, 0.25) is 0 Å². The normalized spacial score (nSPS) is 21.0. The molecule has 2 rings (SSSR count). The molecular formula is C20H30N2O4. The number of fused-ring (bicyclic) bond motifs is 1. The van der Waals surface area contributed by atoms with Crippen molar-refractivity contribution in [1.82, 2.24) is 9.80 Å². The van der Waals surface area contributed by atoms with Crippen molar-refractivity contribution in [1.29, 1.82) is 0 Å². The van der Waals surface area contributed by atoms with Crippen LogP contribution in [0.4, 0.5) is 4.79 Å². The van der Waals surface area contributed by atoms with Crippen molar-refractivity contribution in [3.63, 3.8) is 0 Å². The zero-order valence-electron chi connectivity index (χ0n) is 16.6. The smallest absolute Gasteiger partial charge is 0.410 e. The number of nitrogens with zero attached hydrogens (tertiary/aromatic N) is 2. The van der Waals surface area contributed by atoms with Crippen molar-refractivity contribution in [2.75, 3.05) is 27.2 Å². The molecule has 0 N–H and O–H groups in total. The summed E-state index contributed by atoms with van der Waals surface area (Å²) in [4.78, 5) is 28.0. The molecule has 1 aliphatic heterocycles. The Balaban J connectivity index is 2.21. The molecule has 0 bridgehead atoms. The molecule has 0 fully saturated rings. The van der Waals surface area contributed by atoms with Crippen molar-refractivity contribution in [3.8, 4) is 5.75 Å². The molecule has 2 amide bonds. The molecular weight excluding hydrogens is 332 g/mol. The highest BCUT2D eigenvalue weighted by molar-refractivity contribution is 5.79. The Labute approximate surface area is 156 Å². The Morgan fingerprint density at radius 2 is 2.00 bits per heavy atom. The van der Waals surface area contributed by atoms with Gasteiger partial charge in [0.15, 0.2) is 0 Å². The molecule has 2 atom stereocenters. The molecule has 0 unspecified atom stereocenters. The molecule has 26 heavy (non-hydrogen) atoms. The van der Waals surface area contributed by atoms with Crippen molar-refractivity contribution in [3.05, 3.63) is 29.8 Å². The molecule has 144 valence electrons. The van der Waals surface area contributed by atoms with E-state index in [4.69, 9.17) is 9.47 Å². The monoisotopic (exact) mass is 362 g/mol. The van der Waals surface area contributed by atoms with Gasteiger partial charge in [0.25, 0.3) is 0 Å². The zero-order chi connectivity index (χ0) is 19.5. The lowest BCUT2D eigenvalue weighted by atomic mass is 10.0. The lowest BCUT2D eigenvalue weighted by Gasteiger charge is -2.31. The maximum Gasteiger partial charge on any atom is 0.410 e. The van der Waals surface area contributed by atoms with E-state index in [0.29, 0.717) is 25.3 Å². The molecule has 1 heterocycles. The van der Waals surface area contributed by atoms with Gasteiger partial charge in [0.05, 0.1) is 13.0 Å². The van der Waals surface area contributed by atoms with Gasteiger partial charge in [0.1, 0.15) is 17.5 Å². The van der Waals surface area contributed by atoms with E-state index in [2.05, 4.69) is 0 Å². The number of hydrogen-bond acceptors (Lipinski definition) is 4. The highest BCUT2D eigenvalue weighted by Gasteiger charge is 2.29. The molecule has 6 nitrogen and oxygen atoms in total. The lowest BCUT2D eigenvalue weighted by molar-refractivity contribution is -0.129. The average molecular weight is 362 g/mol. The summed E-state index contributed by atoms with van der Waals surface area (Å²) < 4.78 is 11.7. The van der Waals surface area contributed by atoms with E-state index >= 15 is 0 Å². The minimum atomic E-state index is -0.546. The standard InChI is InChI=1S/C20H30N2O4/c1-14-12-21(5)18(23)11-15-9-7-8-10-16(15)25-17(14)13-22(6)19(24)26-20(2,3)4/h7-10,14,17H,11-13H2,1-6H3/t14-,17+/m1/s1. The molecule has 0 radical (unpaired) electrons. The number of likely N-dealkylation sites (N-methyl/N-ethyl adjacent to an activating group) is 2. The summed E-state index contributed by atoms with van der Waals surface area (Å²) >= 11 is 0. The van der Waals surface area contributed by atoms with Crippen LogP contribution >= 0.6 is 0 Å². The second-order valence-corrected chi connectivity index (χ2v) is 8.05. The second kappa shape index (κ2) is 7.98. The van der Waals surface area contributed by atoms with Crippen LogP contribution in [0.15, 0.2) is 24.3 Å². The van der Waals surface area contributed by atoms with E-state index in [-0.39, 0.29) is 24.0 Å². The van der Waals surface area contributed by atoms with Gasteiger partial charge >= 0.3 is 6.09 Å².